The standard InChI is InChI=1S/C15H26N4O/c1-15(2,3)14-11(10-19(4)18-14)9-16-8-7-13(20)17-12-5-6-12/h10,12,16H,5-9H2,1-4H3,(H,17,20). The van der Waals surface area contributed by atoms with Crippen molar-refractivity contribution in [1.29, 1.82) is 0 Å². The summed E-state index contributed by atoms with van der Waals surface area (Å²) in [4.78, 5) is 11.6. The van der Waals surface area contributed by atoms with Gasteiger partial charge >= 0.3 is 0 Å². The molecule has 0 spiro atoms. The first-order chi connectivity index (χ1) is 9.36. The van der Waals surface area contributed by atoms with Gasteiger partial charge in [0, 0.05) is 49.8 Å². The Balaban J connectivity index is 1.77. The van der Waals surface area contributed by atoms with E-state index in [1.54, 1.807) is 0 Å². The lowest BCUT2D eigenvalue weighted by Crippen LogP contribution is -2.29. The molecule has 0 unspecified atom stereocenters. The van der Waals surface area contributed by atoms with Gasteiger partial charge in [0.05, 0.1) is 5.69 Å². The van der Waals surface area contributed by atoms with Gasteiger partial charge in [-0.3, -0.25) is 9.48 Å². The predicted molar refractivity (Wildman–Crippen MR) is 79.4 cm³/mol. The molecule has 5 heteroatoms. The minimum Gasteiger partial charge on any atom is -0.353 e. The maximum atomic E-state index is 11.6. The molecule has 2 rings (SSSR count). The molecule has 20 heavy (non-hydrogen) atoms. The SMILES string of the molecule is Cn1cc(CNCCC(=O)NC2CC2)c(C(C)(C)C)n1. The Hall–Kier alpha value is -1.36. The van der Waals surface area contributed by atoms with E-state index in [-0.39, 0.29) is 11.3 Å². The fraction of sp³-hybridized carbons (Fsp3) is 0.733. The third-order valence-electron chi connectivity index (χ3n) is 3.40. The molecule has 112 valence electrons. The quantitative estimate of drug-likeness (QED) is 0.775. The molecule has 5 nitrogen and oxygen atoms in total. The van der Waals surface area contributed by atoms with Crippen molar-refractivity contribution < 1.29 is 4.79 Å². The van der Waals surface area contributed by atoms with Gasteiger partial charge in [-0.15, -0.1) is 0 Å². The van der Waals surface area contributed by atoms with Crippen LogP contribution >= 0.6 is 0 Å². The summed E-state index contributed by atoms with van der Waals surface area (Å²) in [6.07, 6.45) is 4.88. The molecule has 1 aromatic heterocycles. The normalized spacial score (nSPS) is 15.4. The number of hydrogen-bond acceptors (Lipinski definition) is 3. The maximum absolute atomic E-state index is 11.6. The van der Waals surface area contributed by atoms with Crippen LogP contribution in [-0.4, -0.2) is 28.3 Å². The van der Waals surface area contributed by atoms with Gasteiger partial charge in [-0.25, -0.2) is 0 Å². The topological polar surface area (TPSA) is 59.0 Å². The highest BCUT2D eigenvalue weighted by Gasteiger charge is 2.23. The van der Waals surface area contributed by atoms with Gasteiger partial charge in [-0.2, -0.15) is 5.10 Å². The van der Waals surface area contributed by atoms with Gasteiger partial charge in [-0.1, -0.05) is 20.8 Å². The number of carbonyl (C=O) groups is 1. The number of rotatable bonds is 6. The van der Waals surface area contributed by atoms with Gasteiger partial charge in [0.25, 0.3) is 0 Å². The molecule has 1 amide bonds. The summed E-state index contributed by atoms with van der Waals surface area (Å²) in [7, 11) is 1.95. The molecular formula is C15H26N4O. The van der Waals surface area contributed by atoms with Crippen molar-refractivity contribution in [3.05, 3.63) is 17.5 Å². The van der Waals surface area contributed by atoms with Crippen molar-refractivity contribution in [2.45, 2.75) is 58.0 Å². The summed E-state index contributed by atoms with van der Waals surface area (Å²) in [6, 6.07) is 0.452. The van der Waals surface area contributed by atoms with Crippen LogP contribution in [0.3, 0.4) is 0 Å². The Morgan fingerprint density at radius 1 is 1.45 bits per heavy atom. The highest BCUT2D eigenvalue weighted by Crippen LogP contribution is 2.23. The number of nitrogens with one attached hydrogen (secondary N) is 2. The summed E-state index contributed by atoms with van der Waals surface area (Å²) in [5, 5.41) is 10.9. The van der Waals surface area contributed by atoms with Gasteiger partial charge in [0.2, 0.25) is 5.91 Å². The average molecular weight is 278 g/mol. The van der Waals surface area contributed by atoms with Crippen LogP contribution in [0.15, 0.2) is 6.20 Å². The van der Waals surface area contributed by atoms with Crippen molar-refractivity contribution in [1.82, 2.24) is 20.4 Å². The number of aryl methyl sites for hydroxylation is 1. The van der Waals surface area contributed by atoms with E-state index in [1.165, 1.54) is 5.56 Å². The van der Waals surface area contributed by atoms with E-state index in [2.05, 4.69) is 42.7 Å². The first-order valence-electron chi connectivity index (χ1n) is 7.39. The van der Waals surface area contributed by atoms with E-state index < -0.39 is 0 Å². The van der Waals surface area contributed by atoms with Crippen LogP contribution in [0, 0.1) is 0 Å². The van der Waals surface area contributed by atoms with E-state index in [0.717, 1.165) is 25.1 Å². The minimum atomic E-state index is 0.0433. The zero-order valence-electron chi connectivity index (χ0n) is 13.0. The third kappa shape index (κ3) is 4.34. The van der Waals surface area contributed by atoms with Gasteiger partial charge in [0.1, 0.15) is 0 Å². The van der Waals surface area contributed by atoms with Crippen LogP contribution in [0.25, 0.3) is 0 Å². The van der Waals surface area contributed by atoms with E-state index >= 15 is 0 Å². The van der Waals surface area contributed by atoms with Crippen LogP contribution in [0.2, 0.25) is 0 Å². The lowest BCUT2D eigenvalue weighted by atomic mass is 9.89. The molecule has 0 aromatic carbocycles. The molecule has 0 radical (unpaired) electrons. The third-order valence-corrected chi connectivity index (χ3v) is 3.40. The molecule has 1 heterocycles. The monoisotopic (exact) mass is 278 g/mol. The second-order valence-electron chi connectivity index (χ2n) is 6.70. The van der Waals surface area contributed by atoms with Crippen LogP contribution in [0.1, 0.15) is 51.3 Å². The molecule has 0 saturated heterocycles. The fourth-order valence-electron chi connectivity index (χ4n) is 2.25. The van der Waals surface area contributed by atoms with Crippen LogP contribution in [0.4, 0.5) is 0 Å². The van der Waals surface area contributed by atoms with Gasteiger partial charge in [0.15, 0.2) is 0 Å². The Morgan fingerprint density at radius 2 is 2.15 bits per heavy atom. The molecule has 0 bridgehead atoms. The molecule has 1 aliphatic carbocycles. The highest BCUT2D eigenvalue weighted by molar-refractivity contribution is 5.76. The summed E-state index contributed by atoms with van der Waals surface area (Å²) in [5.41, 5.74) is 2.37. The number of hydrogen-bond donors (Lipinski definition) is 2. The molecule has 1 fully saturated rings. The number of aromatic nitrogens is 2. The summed E-state index contributed by atoms with van der Waals surface area (Å²) in [6.45, 7) is 7.97. The number of nitrogens with zero attached hydrogens (tertiary/aromatic N) is 2. The van der Waals surface area contributed by atoms with Crippen LogP contribution < -0.4 is 10.6 Å². The van der Waals surface area contributed by atoms with Crippen molar-refractivity contribution in [3.63, 3.8) is 0 Å². The van der Waals surface area contributed by atoms with E-state index in [4.69, 9.17) is 0 Å². The maximum Gasteiger partial charge on any atom is 0.221 e. The second kappa shape index (κ2) is 5.95. The summed E-state index contributed by atoms with van der Waals surface area (Å²) in [5.74, 6) is 0.155. The summed E-state index contributed by atoms with van der Waals surface area (Å²) < 4.78 is 1.86. The van der Waals surface area contributed by atoms with Crippen molar-refractivity contribution in [2.75, 3.05) is 6.54 Å². The second-order valence-corrected chi connectivity index (χ2v) is 6.70. The molecule has 1 saturated carbocycles. The first-order valence-corrected chi connectivity index (χ1v) is 7.39. The molecular weight excluding hydrogens is 252 g/mol. The van der Waals surface area contributed by atoms with Gasteiger partial charge < -0.3 is 10.6 Å². The Bertz CT molecular complexity index is 469. The Labute approximate surface area is 121 Å². The lowest BCUT2D eigenvalue weighted by Gasteiger charge is -2.17. The van der Waals surface area contributed by atoms with Crippen molar-refractivity contribution in [2.24, 2.45) is 7.05 Å². The molecule has 1 aliphatic rings. The largest absolute Gasteiger partial charge is 0.353 e. The molecule has 2 N–H and O–H groups in total. The highest BCUT2D eigenvalue weighted by atomic mass is 16.1. The predicted octanol–water partition coefficient (Wildman–Crippen LogP) is 1.48. The van der Waals surface area contributed by atoms with Gasteiger partial charge in [-0.05, 0) is 12.8 Å². The zero-order valence-corrected chi connectivity index (χ0v) is 13.0. The fourth-order valence-corrected chi connectivity index (χ4v) is 2.25. The minimum absolute atomic E-state index is 0.0433. The molecule has 1 aromatic rings. The molecule has 0 atom stereocenters. The van der Waals surface area contributed by atoms with E-state index in [0.29, 0.717) is 19.0 Å². The molecule has 0 aliphatic heterocycles. The number of amides is 1. The lowest BCUT2D eigenvalue weighted by molar-refractivity contribution is -0.121. The average Bonchev–Trinajstić information content (AvgIpc) is 3.04. The van der Waals surface area contributed by atoms with Crippen LogP contribution in [-0.2, 0) is 23.8 Å². The first kappa shape index (κ1) is 15.0. The number of carbonyl (C=O) groups excluding carboxylic acids is 1. The van der Waals surface area contributed by atoms with E-state index in [9.17, 15) is 4.79 Å². The van der Waals surface area contributed by atoms with E-state index in [1.807, 2.05) is 11.7 Å². The Morgan fingerprint density at radius 3 is 2.75 bits per heavy atom. The van der Waals surface area contributed by atoms with Crippen LogP contribution in [0.5, 0.6) is 0 Å². The van der Waals surface area contributed by atoms with Crippen molar-refractivity contribution in [3.8, 4) is 0 Å². The van der Waals surface area contributed by atoms with Crippen molar-refractivity contribution >= 4 is 5.91 Å². The Kier molecular flexibility index (Phi) is 4.48. The summed E-state index contributed by atoms with van der Waals surface area (Å²) >= 11 is 0. The smallest absolute Gasteiger partial charge is 0.221 e. The zero-order chi connectivity index (χ0) is 14.8.